The highest BCUT2D eigenvalue weighted by Crippen LogP contribution is 2.39. The number of piperazine rings is 1. The number of aliphatic hydroxyl groups excluding tert-OH is 1. The summed E-state index contributed by atoms with van der Waals surface area (Å²) in [7, 11) is 1.85. The molecule has 4 aromatic rings. The molecule has 1 aromatic carbocycles. The summed E-state index contributed by atoms with van der Waals surface area (Å²) in [6.07, 6.45) is 2.16. The van der Waals surface area contributed by atoms with Crippen molar-refractivity contribution in [1.29, 1.82) is 5.26 Å². The van der Waals surface area contributed by atoms with Crippen molar-refractivity contribution in [2.45, 2.75) is 25.9 Å². The van der Waals surface area contributed by atoms with Gasteiger partial charge >= 0.3 is 0 Å². The monoisotopic (exact) mass is 606 g/mol. The Morgan fingerprint density at radius 2 is 1.93 bits per heavy atom. The zero-order chi connectivity index (χ0) is 30.2. The van der Waals surface area contributed by atoms with Gasteiger partial charge in [0, 0.05) is 51.9 Å². The number of amides is 1. The first-order valence-corrected chi connectivity index (χ1v) is 15.1. The fourth-order valence-electron chi connectivity index (χ4n) is 5.77. The lowest BCUT2D eigenvalue weighted by Crippen LogP contribution is -2.50. The molecule has 0 spiro atoms. The van der Waals surface area contributed by atoms with Gasteiger partial charge in [0.25, 0.3) is 0 Å². The summed E-state index contributed by atoms with van der Waals surface area (Å²) in [6, 6.07) is 9.89. The molecule has 0 unspecified atom stereocenters. The molecule has 2 saturated heterocycles. The lowest BCUT2D eigenvalue weighted by molar-refractivity contribution is -0.131. The number of rotatable bonds is 7. The smallest absolute Gasteiger partial charge is 0.236 e. The Kier molecular flexibility index (Phi) is 8.00. The van der Waals surface area contributed by atoms with Crippen LogP contribution in [0.15, 0.2) is 36.5 Å². The van der Waals surface area contributed by atoms with E-state index in [2.05, 4.69) is 16.1 Å². The van der Waals surface area contributed by atoms with Gasteiger partial charge < -0.3 is 19.8 Å². The zero-order valence-corrected chi connectivity index (χ0v) is 24.8. The largest absolute Gasteiger partial charge is 0.391 e. The van der Waals surface area contributed by atoms with E-state index in [4.69, 9.17) is 4.98 Å². The zero-order valence-electron chi connectivity index (χ0n) is 24.0. The van der Waals surface area contributed by atoms with Gasteiger partial charge in [-0.2, -0.15) is 10.4 Å². The Labute approximate surface area is 252 Å². The number of pyridine rings is 1. The van der Waals surface area contributed by atoms with Crippen LogP contribution in [-0.4, -0.2) is 94.4 Å². The molecule has 10 nitrogen and oxygen atoms in total. The third kappa shape index (κ3) is 5.65. The number of thiazole rings is 1. The highest BCUT2D eigenvalue weighted by molar-refractivity contribution is 7.16. The summed E-state index contributed by atoms with van der Waals surface area (Å²) >= 11 is 1.23. The molecule has 1 N–H and O–H groups in total. The predicted molar refractivity (Wildman–Crippen MR) is 161 cm³/mol. The van der Waals surface area contributed by atoms with Gasteiger partial charge in [-0.25, -0.2) is 18.3 Å². The van der Waals surface area contributed by atoms with Gasteiger partial charge in [-0.15, -0.1) is 0 Å². The molecule has 0 aliphatic carbocycles. The highest BCUT2D eigenvalue weighted by Gasteiger charge is 2.29. The van der Waals surface area contributed by atoms with E-state index in [1.165, 1.54) is 29.7 Å². The minimum absolute atomic E-state index is 0.0148. The van der Waals surface area contributed by atoms with E-state index in [-0.39, 0.29) is 24.1 Å². The van der Waals surface area contributed by atoms with E-state index in [1.54, 1.807) is 27.6 Å². The van der Waals surface area contributed by atoms with Gasteiger partial charge in [0.2, 0.25) is 5.91 Å². The number of hydrogen-bond donors (Lipinski definition) is 1. The number of halogens is 2. The van der Waals surface area contributed by atoms with Crippen LogP contribution in [0.5, 0.6) is 0 Å². The quantitative estimate of drug-likeness (QED) is 0.340. The number of carbonyl (C=O) groups is 1. The van der Waals surface area contributed by atoms with Gasteiger partial charge in [0.1, 0.15) is 22.5 Å². The fraction of sp³-hybridized carbons (Fsp3) is 0.400. The van der Waals surface area contributed by atoms with Crippen molar-refractivity contribution in [3.05, 3.63) is 58.7 Å². The lowest BCUT2D eigenvalue weighted by Gasteiger charge is -2.36. The van der Waals surface area contributed by atoms with Crippen LogP contribution in [0.3, 0.4) is 0 Å². The van der Waals surface area contributed by atoms with Crippen LogP contribution >= 0.6 is 11.3 Å². The number of benzene rings is 1. The molecule has 2 aliphatic rings. The number of β-amino-alcohol motifs (C(OH)–C–C–N with tert-alkyl or cyclic N) is 1. The standard InChI is InChI=1S/C30H32F2N8O2S/c1-3-23-29(36(2)30-34-28(26(15-33)43-30)19-4-6-20(31)7-5-19)25-14-24(22(32)17-40(25)35-23)38-12-10-37(11-13-38)18-27(42)39-9-8-21(41)16-39/h4-7,14,17,21,41H,3,8-13,16,18H2,1-2H3/t21-/m1/s1. The van der Waals surface area contributed by atoms with E-state index in [1.807, 2.05) is 23.8 Å². The summed E-state index contributed by atoms with van der Waals surface area (Å²) < 4.78 is 30.5. The minimum atomic E-state index is -0.444. The van der Waals surface area contributed by atoms with Crippen molar-refractivity contribution in [3.63, 3.8) is 0 Å². The van der Waals surface area contributed by atoms with Crippen LogP contribution in [-0.2, 0) is 11.2 Å². The third-order valence-corrected chi connectivity index (χ3v) is 9.16. The number of nitriles is 1. The first-order chi connectivity index (χ1) is 20.7. The van der Waals surface area contributed by atoms with Crippen LogP contribution in [0.4, 0.5) is 25.3 Å². The topological polar surface area (TPSA) is 104 Å². The summed E-state index contributed by atoms with van der Waals surface area (Å²) in [5.74, 6) is -0.738. The average Bonchev–Trinajstić information content (AvgIpc) is 3.73. The second-order valence-electron chi connectivity index (χ2n) is 10.9. The molecule has 224 valence electrons. The van der Waals surface area contributed by atoms with Crippen LogP contribution in [0, 0.1) is 23.0 Å². The van der Waals surface area contributed by atoms with E-state index in [9.17, 15) is 19.6 Å². The SMILES string of the molecule is CCc1nn2cc(F)c(N3CCN(CC(=O)N4CC[C@@H](O)C4)CC3)cc2c1N(C)c1nc(-c2ccc(F)cc2)c(C#N)s1. The predicted octanol–water partition coefficient (Wildman–Crippen LogP) is 3.65. The van der Waals surface area contributed by atoms with Crippen molar-refractivity contribution in [2.24, 2.45) is 0 Å². The normalized spacial score (nSPS) is 17.5. The maximum absolute atomic E-state index is 15.5. The minimum Gasteiger partial charge on any atom is -0.391 e. The molecular weight excluding hydrogens is 574 g/mol. The van der Waals surface area contributed by atoms with Gasteiger partial charge in [0.05, 0.1) is 41.4 Å². The molecular formula is C30H32F2N8O2S. The molecule has 1 amide bonds. The van der Waals surface area contributed by atoms with Gasteiger partial charge in [-0.3, -0.25) is 9.69 Å². The molecule has 43 heavy (non-hydrogen) atoms. The Morgan fingerprint density at radius 3 is 2.58 bits per heavy atom. The molecule has 0 bridgehead atoms. The first-order valence-electron chi connectivity index (χ1n) is 14.3. The van der Waals surface area contributed by atoms with Gasteiger partial charge in [-0.05, 0) is 43.2 Å². The number of fused-ring (bicyclic) bond motifs is 1. The van der Waals surface area contributed by atoms with E-state index in [0.29, 0.717) is 84.6 Å². The summed E-state index contributed by atoms with van der Waals surface area (Å²) in [5, 5.41) is 24.8. The molecule has 3 aromatic heterocycles. The van der Waals surface area contributed by atoms with Gasteiger partial charge in [-0.1, -0.05) is 18.3 Å². The first kappa shape index (κ1) is 29.0. The summed E-state index contributed by atoms with van der Waals surface area (Å²) in [5.41, 5.74) is 3.82. The molecule has 5 heterocycles. The van der Waals surface area contributed by atoms with Crippen molar-refractivity contribution >= 4 is 39.3 Å². The fourth-order valence-corrected chi connectivity index (χ4v) is 6.63. The highest BCUT2D eigenvalue weighted by atomic mass is 32.1. The van der Waals surface area contributed by atoms with E-state index >= 15 is 4.39 Å². The second-order valence-corrected chi connectivity index (χ2v) is 11.9. The maximum Gasteiger partial charge on any atom is 0.236 e. The molecule has 6 rings (SSSR count). The van der Waals surface area contributed by atoms with Crippen molar-refractivity contribution in [3.8, 4) is 17.3 Å². The van der Waals surface area contributed by atoms with Crippen molar-refractivity contribution in [2.75, 3.05) is 62.7 Å². The number of hydrogen-bond acceptors (Lipinski definition) is 9. The molecule has 2 aliphatic heterocycles. The Bertz CT molecular complexity index is 1690. The number of aliphatic hydroxyl groups is 1. The average molecular weight is 607 g/mol. The van der Waals surface area contributed by atoms with Crippen LogP contribution in [0.25, 0.3) is 16.8 Å². The number of carbonyl (C=O) groups excluding carboxylic acids is 1. The molecule has 0 saturated carbocycles. The Hall–Kier alpha value is -4.12. The van der Waals surface area contributed by atoms with Crippen molar-refractivity contribution < 1.29 is 18.7 Å². The number of likely N-dealkylation sites (tertiary alicyclic amines) is 1. The van der Waals surface area contributed by atoms with Crippen LogP contribution in [0.2, 0.25) is 0 Å². The molecule has 2 fully saturated rings. The number of aryl methyl sites for hydroxylation is 1. The Balaban J connectivity index is 1.25. The molecule has 1 atom stereocenters. The maximum atomic E-state index is 15.5. The third-order valence-electron chi connectivity index (χ3n) is 8.13. The van der Waals surface area contributed by atoms with Crippen LogP contribution < -0.4 is 9.80 Å². The van der Waals surface area contributed by atoms with E-state index < -0.39 is 6.10 Å². The molecule has 0 radical (unpaired) electrons. The van der Waals surface area contributed by atoms with E-state index in [0.717, 1.165) is 11.4 Å². The number of aromatic nitrogens is 3. The van der Waals surface area contributed by atoms with Gasteiger partial charge in [0.15, 0.2) is 10.9 Å². The summed E-state index contributed by atoms with van der Waals surface area (Å²) in [6.45, 7) is 5.58. The lowest BCUT2D eigenvalue weighted by atomic mass is 10.1. The Morgan fingerprint density at radius 1 is 1.19 bits per heavy atom. The van der Waals surface area contributed by atoms with Crippen LogP contribution in [0.1, 0.15) is 23.9 Å². The van der Waals surface area contributed by atoms with Crippen molar-refractivity contribution in [1.82, 2.24) is 24.4 Å². The molecule has 13 heteroatoms. The second kappa shape index (κ2) is 11.9. The summed E-state index contributed by atoms with van der Waals surface area (Å²) in [4.78, 5) is 25.4. The number of anilines is 3. The number of nitrogens with zero attached hydrogens (tertiary/aromatic N) is 8.